The van der Waals surface area contributed by atoms with Crippen molar-refractivity contribution < 1.29 is 48.7 Å². The number of alkyl halides is 5. The zero-order chi connectivity index (χ0) is 35.9. The second-order valence-corrected chi connectivity index (χ2v) is 20.0. The zero-order valence-electron chi connectivity index (χ0n) is 27.6. The molecule has 268 valence electrons. The van der Waals surface area contributed by atoms with E-state index in [9.17, 15) is 34.8 Å². The van der Waals surface area contributed by atoms with Crippen molar-refractivity contribution in [1.29, 1.82) is 0 Å². The summed E-state index contributed by atoms with van der Waals surface area (Å²) in [5.74, 6) is -1.83. The predicted octanol–water partition coefficient (Wildman–Crippen LogP) is 6.90. The highest BCUT2D eigenvalue weighted by Crippen LogP contribution is 2.44. The molecule has 3 heterocycles. The summed E-state index contributed by atoms with van der Waals surface area (Å²) in [7, 11) is -7.01. The van der Waals surface area contributed by atoms with Crippen LogP contribution in [0.3, 0.4) is 0 Å². The lowest BCUT2D eigenvalue weighted by Gasteiger charge is -2.46. The maximum absolute atomic E-state index is 14.5. The number of nitrogens with zero attached hydrogens (tertiary/aromatic N) is 3. The summed E-state index contributed by atoms with van der Waals surface area (Å²) < 4.78 is 128. The van der Waals surface area contributed by atoms with Gasteiger partial charge in [-0.2, -0.15) is 22.0 Å². The molecular formula is C32H38F6N4O5SSi. The maximum atomic E-state index is 14.5. The van der Waals surface area contributed by atoms with Crippen LogP contribution < -0.4 is 24.0 Å². The van der Waals surface area contributed by atoms with Crippen molar-refractivity contribution in [2.75, 3.05) is 48.6 Å². The van der Waals surface area contributed by atoms with Gasteiger partial charge in [0, 0.05) is 31.9 Å². The predicted molar refractivity (Wildman–Crippen MR) is 175 cm³/mol. The largest absolute Gasteiger partial charge is 0.474 e. The average Bonchev–Trinajstić information content (AvgIpc) is 3.00. The quantitative estimate of drug-likeness (QED) is 0.137. The Morgan fingerprint density at radius 2 is 1.76 bits per heavy atom. The van der Waals surface area contributed by atoms with Crippen LogP contribution in [-0.2, 0) is 20.6 Å². The third-order valence-corrected chi connectivity index (χ3v) is 15.3. The van der Waals surface area contributed by atoms with Crippen molar-refractivity contribution in [3.05, 3.63) is 60.0 Å². The van der Waals surface area contributed by atoms with Crippen LogP contribution in [0.4, 0.5) is 37.7 Å². The molecule has 0 radical (unpaired) electrons. The molecule has 0 unspecified atom stereocenters. The van der Waals surface area contributed by atoms with Gasteiger partial charge in [0.05, 0.1) is 36.1 Å². The summed E-state index contributed by atoms with van der Waals surface area (Å²) in [6, 6.07) is 7.78. The molecule has 0 amide bonds. The van der Waals surface area contributed by atoms with E-state index in [1.165, 1.54) is 12.1 Å². The molecule has 1 N–H and O–H groups in total. The summed E-state index contributed by atoms with van der Waals surface area (Å²) in [6.45, 7) is 8.16. The summed E-state index contributed by atoms with van der Waals surface area (Å²) >= 11 is 0. The normalized spacial score (nSPS) is 17.2. The van der Waals surface area contributed by atoms with E-state index in [2.05, 4.69) is 15.0 Å². The number of benzene rings is 2. The molecule has 0 saturated carbocycles. The van der Waals surface area contributed by atoms with E-state index in [4.69, 9.17) is 9.16 Å². The summed E-state index contributed by atoms with van der Waals surface area (Å²) in [6.07, 6.45) is -4.39. The SMILES string of the molecule is CC(C)(C)[Si](C)(C)OCCOc1ncc(C(F)(F)F)cc1S(=O)(=O)N1C[C@@H]2CNCCN2c2ccc(-c3cc(F)cc(OC(F)F)c3)cc21. The number of nitrogens with one attached hydrogen (secondary N) is 1. The van der Waals surface area contributed by atoms with Crippen molar-refractivity contribution in [1.82, 2.24) is 10.3 Å². The minimum Gasteiger partial charge on any atom is -0.474 e. The Balaban J connectivity index is 1.58. The molecule has 2 aliphatic rings. The first-order valence-corrected chi connectivity index (χ1v) is 19.9. The maximum Gasteiger partial charge on any atom is 0.417 e. The van der Waals surface area contributed by atoms with Crippen molar-refractivity contribution in [2.45, 2.75) is 62.6 Å². The highest BCUT2D eigenvalue weighted by molar-refractivity contribution is 7.93. The van der Waals surface area contributed by atoms with E-state index < -0.39 is 59.0 Å². The number of aromatic nitrogens is 1. The molecular weight excluding hydrogens is 695 g/mol. The first kappa shape index (κ1) is 36.7. The number of anilines is 2. The van der Waals surface area contributed by atoms with E-state index >= 15 is 0 Å². The highest BCUT2D eigenvalue weighted by atomic mass is 32.2. The minimum absolute atomic E-state index is 0.0577. The number of sulfonamides is 1. The smallest absolute Gasteiger partial charge is 0.417 e. The second kappa shape index (κ2) is 13.6. The minimum atomic E-state index is -4.91. The molecule has 17 heteroatoms. The third kappa shape index (κ3) is 7.94. The van der Waals surface area contributed by atoms with E-state index in [-0.39, 0.29) is 47.7 Å². The molecule has 0 bridgehead atoms. The number of rotatable bonds is 10. The van der Waals surface area contributed by atoms with Crippen LogP contribution in [0.2, 0.25) is 18.1 Å². The Morgan fingerprint density at radius 3 is 2.43 bits per heavy atom. The fourth-order valence-corrected chi connectivity index (χ4v) is 8.10. The van der Waals surface area contributed by atoms with E-state index in [0.717, 1.165) is 16.4 Å². The van der Waals surface area contributed by atoms with Crippen LogP contribution in [0.1, 0.15) is 26.3 Å². The summed E-state index contributed by atoms with van der Waals surface area (Å²) in [5.41, 5.74) is -0.344. The van der Waals surface area contributed by atoms with Crippen LogP contribution in [0.25, 0.3) is 11.1 Å². The van der Waals surface area contributed by atoms with Crippen molar-refractivity contribution >= 4 is 29.7 Å². The molecule has 0 spiro atoms. The lowest BCUT2D eigenvalue weighted by molar-refractivity contribution is -0.138. The molecule has 2 aromatic carbocycles. The van der Waals surface area contributed by atoms with Gasteiger partial charge in [-0.15, -0.1) is 0 Å². The zero-order valence-corrected chi connectivity index (χ0v) is 29.4. The molecule has 49 heavy (non-hydrogen) atoms. The van der Waals surface area contributed by atoms with E-state index in [1.807, 2.05) is 38.8 Å². The van der Waals surface area contributed by atoms with E-state index in [0.29, 0.717) is 37.6 Å². The molecule has 1 fully saturated rings. The van der Waals surface area contributed by atoms with Gasteiger partial charge >= 0.3 is 12.8 Å². The Morgan fingerprint density at radius 1 is 1.02 bits per heavy atom. The molecule has 2 aliphatic heterocycles. The van der Waals surface area contributed by atoms with Gasteiger partial charge in [0.1, 0.15) is 18.2 Å². The van der Waals surface area contributed by atoms with Crippen LogP contribution in [-0.4, -0.2) is 73.8 Å². The first-order valence-electron chi connectivity index (χ1n) is 15.5. The van der Waals surface area contributed by atoms with Crippen LogP contribution in [0.15, 0.2) is 53.6 Å². The van der Waals surface area contributed by atoms with Crippen molar-refractivity contribution in [3.8, 4) is 22.8 Å². The number of fused-ring (bicyclic) bond motifs is 3. The van der Waals surface area contributed by atoms with Gasteiger partial charge in [0.25, 0.3) is 10.0 Å². The molecule has 5 rings (SSSR count). The van der Waals surface area contributed by atoms with Gasteiger partial charge in [0.2, 0.25) is 5.88 Å². The molecule has 3 aromatic rings. The second-order valence-electron chi connectivity index (χ2n) is 13.3. The molecule has 1 aromatic heterocycles. The van der Waals surface area contributed by atoms with Gasteiger partial charge < -0.3 is 24.1 Å². The Hall–Kier alpha value is -3.54. The van der Waals surface area contributed by atoms with Gasteiger partial charge in [-0.1, -0.05) is 26.8 Å². The number of ether oxygens (including phenoxy) is 2. The van der Waals surface area contributed by atoms with Crippen LogP contribution >= 0.6 is 0 Å². The number of hydrogen-bond acceptors (Lipinski definition) is 8. The number of pyridine rings is 1. The summed E-state index contributed by atoms with van der Waals surface area (Å²) in [4.78, 5) is 5.00. The average molecular weight is 733 g/mol. The molecule has 9 nitrogen and oxygen atoms in total. The van der Waals surface area contributed by atoms with Gasteiger partial charge in [-0.3, -0.25) is 4.31 Å². The molecule has 1 saturated heterocycles. The van der Waals surface area contributed by atoms with Crippen molar-refractivity contribution in [2.24, 2.45) is 0 Å². The topological polar surface area (TPSA) is 93.2 Å². The van der Waals surface area contributed by atoms with Gasteiger partial charge in [0.15, 0.2) is 13.2 Å². The Kier molecular flexibility index (Phi) is 10.2. The molecule has 1 atom stereocenters. The highest BCUT2D eigenvalue weighted by Gasteiger charge is 2.42. The third-order valence-electron chi connectivity index (χ3n) is 9.01. The lowest BCUT2D eigenvalue weighted by atomic mass is 10.0. The Bertz CT molecular complexity index is 1790. The Labute approximate surface area is 282 Å². The monoisotopic (exact) mass is 732 g/mol. The molecule has 0 aliphatic carbocycles. The number of piperazine rings is 1. The van der Waals surface area contributed by atoms with Crippen LogP contribution in [0, 0.1) is 5.82 Å². The standard InChI is InChI=1S/C32H38F6N4O5SSi/c1-31(2,3)49(4,5)46-11-10-45-29-28(15-22(17-40-29)32(36,37)38)48(43,44)42-19-24-18-39-8-9-41(24)26-7-6-20(14-27(26)42)21-12-23(33)16-25(13-21)47-30(34)35/h6-7,12-17,24,30,39H,8-11,18-19H2,1-5H3/t24-/m0/s1. The van der Waals surface area contributed by atoms with E-state index in [1.54, 1.807) is 12.1 Å². The lowest BCUT2D eigenvalue weighted by Crippen LogP contribution is -2.59. The summed E-state index contributed by atoms with van der Waals surface area (Å²) in [5, 5.41) is 3.09. The fraction of sp³-hybridized carbons (Fsp3) is 0.469. The first-order chi connectivity index (χ1) is 22.8. The van der Waals surface area contributed by atoms with Gasteiger partial charge in [-0.05, 0) is 59.6 Å². The number of halogens is 6. The van der Waals surface area contributed by atoms with Crippen molar-refractivity contribution in [3.63, 3.8) is 0 Å². The fourth-order valence-electron chi connectivity index (χ4n) is 5.46. The van der Waals surface area contributed by atoms with Crippen LogP contribution in [0.5, 0.6) is 11.6 Å². The van der Waals surface area contributed by atoms with Gasteiger partial charge in [-0.25, -0.2) is 17.8 Å². The number of hydrogen-bond donors (Lipinski definition) is 1.